The summed E-state index contributed by atoms with van der Waals surface area (Å²) in [5.41, 5.74) is 1.29. The van der Waals surface area contributed by atoms with E-state index in [4.69, 9.17) is 4.74 Å². The Bertz CT molecular complexity index is 893. The van der Waals surface area contributed by atoms with Crippen molar-refractivity contribution in [1.29, 1.82) is 0 Å². The van der Waals surface area contributed by atoms with E-state index in [0.29, 0.717) is 5.56 Å². The number of para-hydroxylation sites is 1. The lowest BCUT2D eigenvalue weighted by atomic mass is 9.90. The van der Waals surface area contributed by atoms with Crippen molar-refractivity contribution in [1.82, 2.24) is 0 Å². The Balaban J connectivity index is 1.67. The van der Waals surface area contributed by atoms with Crippen LogP contribution in [-0.4, -0.2) is 18.0 Å². The van der Waals surface area contributed by atoms with Crippen molar-refractivity contribution in [2.45, 2.75) is 44.9 Å². The highest BCUT2D eigenvalue weighted by Gasteiger charge is 2.34. The maximum Gasteiger partial charge on any atom is 0.418 e. The van der Waals surface area contributed by atoms with Gasteiger partial charge >= 0.3 is 12.1 Å². The summed E-state index contributed by atoms with van der Waals surface area (Å²) in [5.74, 6) is -1.51. The molecule has 0 aliphatic heterocycles. The molecule has 0 saturated heterocycles. The fraction of sp³-hybridized carbons (Fsp3) is 0.333. The minimum Gasteiger partial charge on any atom is -0.449 e. The van der Waals surface area contributed by atoms with Crippen molar-refractivity contribution >= 4 is 17.6 Å². The SMILES string of the molecule is C[C@H](OC(=O)c1ccc2c(c1)CCCC2)C(=O)Nc1ccccc1C(F)(F)F. The first kappa shape index (κ1) is 19.9. The largest absolute Gasteiger partial charge is 0.449 e. The van der Waals surface area contributed by atoms with Crippen LogP contribution in [-0.2, 0) is 28.5 Å². The molecule has 1 N–H and O–H groups in total. The van der Waals surface area contributed by atoms with E-state index in [0.717, 1.165) is 43.4 Å². The molecule has 0 radical (unpaired) electrons. The van der Waals surface area contributed by atoms with Crippen LogP contribution in [0.15, 0.2) is 42.5 Å². The third-order valence-corrected chi connectivity index (χ3v) is 4.73. The average Bonchev–Trinajstić information content (AvgIpc) is 2.67. The zero-order chi connectivity index (χ0) is 20.3. The van der Waals surface area contributed by atoms with Crippen LogP contribution in [0.2, 0.25) is 0 Å². The van der Waals surface area contributed by atoms with Crippen LogP contribution in [0, 0.1) is 0 Å². The average molecular weight is 391 g/mol. The van der Waals surface area contributed by atoms with E-state index in [1.807, 2.05) is 6.07 Å². The van der Waals surface area contributed by atoms with Gasteiger partial charge in [0.15, 0.2) is 6.10 Å². The van der Waals surface area contributed by atoms with Gasteiger partial charge in [0.25, 0.3) is 5.91 Å². The Hall–Kier alpha value is -2.83. The molecule has 1 amide bonds. The number of ether oxygens (including phenoxy) is 1. The van der Waals surface area contributed by atoms with Crippen LogP contribution < -0.4 is 5.32 Å². The Morgan fingerprint density at radius 2 is 1.71 bits per heavy atom. The number of esters is 1. The molecule has 0 spiro atoms. The number of benzene rings is 2. The van der Waals surface area contributed by atoms with Crippen LogP contribution in [0.25, 0.3) is 0 Å². The molecule has 1 atom stereocenters. The molecule has 0 fully saturated rings. The number of hydrogen-bond donors (Lipinski definition) is 1. The van der Waals surface area contributed by atoms with Crippen LogP contribution in [0.1, 0.15) is 46.8 Å². The lowest BCUT2D eigenvalue weighted by Crippen LogP contribution is -2.30. The number of carbonyl (C=O) groups is 2. The molecule has 0 heterocycles. The molecule has 7 heteroatoms. The van der Waals surface area contributed by atoms with Gasteiger partial charge < -0.3 is 10.1 Å². The molecule has 3 rings (SSSR count). The van der Waals surface area contributed by atoms with Gasteiger partial charge in [-0.25, -0.2) is 4.79 Å². The molecule has 1 aliphatic carbocycles. The summed E-state index contributed by atoms with van der Waals surface area (Å²) in [7, 11) is 0. The summed E-state index contributed by atoms with van der Waals surface area (Å²) in [6, 6.07) is 9.94. The molecule has 0 bridgehead atoms. The number of nitrogens with one attached hydrogen (secondary N) is 1. The topological polar surface area (TPSA) is 55.4 Å². The summed E-state index contributed by atoms with van der Waals surface area (Å²) in [4.78, 5) is 24.6. The van der Waals surface area contributed by atoms with Gasteiger partial charge in [0.05, 0.1) is 16.8 Å². The highest BCUT2D eigenvalue weighted by molar-refractivity contribution is 5.97. The molecule has 1 aliphatic rings. The van der Waals surface area contributed by atoms with Gasteiger partial charge in [-0.05, 0) is 68.0 Å². The molecule has 0 aromatic heterocycles. The summed E-state index contributed by atoms with van der Waals surface area (Å²) < 4.78 is 44.3. The Labute approximate surface area is 160 Å². The minimum absolute atomic E-state index is 0.330. The first-order valence-electron chi connectivity index (χ1n) is 9.05. The maximum absolute atomic E-state index is 13.0. The Morgan fingerprint density at radius 1 is 1.04 bits per heavy atom. The molecule has 148 valence electrons. The van der Waals surface area contributed by atoms with E-state index in [9.17, 15) is 22.8 Å². The molecule has 2 aromatic rings. The normalized spacial score (nSPS) is 14.7. The van der Waals surface area contributed by atoms with Gasteiger partial charge in [0.2, 0.25) is 0 Å². The number of amides is 1. The molecular formula is C21H20F3NO3. The number of hydrogen-bond acceptors (Lipinski definition) is 3. The van der Waals surface area contributed by atoms with Crippen molar-refractivity contribution < 1.29 is 27.5 Å². The van der Waals surface area contributed by atoms with Gasteiger partial charge in [-0.3, -0.25) is 4.79 Å². The molecule has 0 unspecified atom stereocenters. The molecule has 2 aromatic carbocycles. The minimum atomic E-state index is -4.60. The quantitative estimate of drug-likeness (QED) is 0.764. The standard InChI is InChI=1S/C21H20F3NO3/c1-13(19(26)25-18-9-5-4-8-17(18)21(22,23)24)28-20(27)16-11-10-14-6-2-3-7-15(14)12-16/h4-5,8-13H,2-3,6-7H2,1H3,(H,25,26)/t13-/m0/s1. The fourth-order valence-electron chi connectivity index (χ4n) is 3.22. The van der Waals surface area contributed by atoms with E-state index < -0.39 is 29.7 Å². The molecule has 28 heavy (non-hydrogen) atoms. The van der Waals surface area contributed by atoms with Crippen LogP contribution in [0.5, 0.6) is 0 Å². The van der Waals surface area contributed by atoms with E-state index in [2.05, 4.69) is 5.32 Å². The van der Waals surface area contributed by atoms with E-state index >= 15 is 0 Å². The predicted octanol–water partition coefficient (Wildman–Crippen LogP) is 4.77. The lowest BCUT2D eigenvalue weighted by Gasteiger charge is -2.18. The van der Waals surface area contributed by atoms with Crippen molar-refractivity contribution in [2.75, 3.05) is 5.32 Å². The number of fused-ring (bicyclic) bond motifs is 1. The molecular weight excluding hydrogens is 371 g/mol. The molecule has 0 saturated carbocycles. The second-order valence-corrected chi connectivity index (χ2v) is 6.77. The fourth-order valence-corrected chi connectivity index (χ4v) is 3.22. The van der Waals surface area contributed by atoms with Gasteiger partial charge in [0, 0.05) is 0 Å². The van der Waals surface area contributed by atoms with Crippen LogP contribution in [0.4, 0.5) is 18.9 Å². The maximum atomic E-state index is 13.0. The van der Waals surface area contributed by atoms with Gasteiger partial charge in [0.1, 0.15) is 0 Å². The highest BCUT2D eigenvalue weighted by Crippen LogP contribution is 2.34. The first-order chi connectivity index (χ1) is 13.3. The number of aryl methyl sites for hydroxylation is 2. The van der Waals surface area contributed by atoms with E-state index in [-0.39, 0.29) is 5.69 Å². The third-order valence-electron chi connectivity index (χ3n) is 4.73. The van der Waals surface area contributed by atoms with Gasteiger partial charge in [-0.15, -0.1) is 0 Å². The van der Waals surface area contributed by atoms with Crippen molar-refractivity contribution in [2.24, 2.45) is 0 Å². The van der Waals surface area contributed by atoms with Crippen molar-refractivity contribution in [3.63, 3.8) is 0 Å². The predicted molar refractivity (Wildman–Crippen MR) is 98.0 cm³/mol. The van der Waals surface area contributed by atoms with Gasteiger partial charge in [-0.2, -0.15) is 13.2 Å². The number of carbonyl (C=O) groups excluding carboxylic acids is 2. The second-order valence-electron chi connectivity index (χ2n) is 6.77. The number of alkyl halides is 3. The first-order valence-corrected chi connectivity index (χ1v) is 9.05. The number of halogens is 3. The van der Waals surface area contributed by atoms with E-state index in [1.54, 1.807) is 12.1 Å². The van der Waals surface area contributed by atoms with E-state index in [1.165, 1.54) is 24.6 Å². The monoisotopic (exact) mass is 391 g/mol. The smallest absolute Gasteiger partial charge is 0.418 e. The highest BCUT2D eigenvalue weighted by atomic mass is 19.4. The van der Waals surface area contributed by atoms with Crippen molar-refractivity contribution in [3.8, 4) is 0 Å². The van der Waals surface area contributed by atoms with Crippen molar-refractivity contribution in [3.05, 3.63) is 64.7 Å². The van der Waals surface area contributed by atoms with Gasteiger partial charge in [-0.1, -0.05) is 18.2 Å². The third kappa shape index (κ3) is 4.52. The Kier molecular flexibility index (Phi) is 5.72. The zero-order valence-corrected chi connectivity index (χ0v) is 15.3. The number of anilines is 1. The summed E-state index contributed by atoms with van der Waals surface area (Å²) in [5, 5.41) is 2.19. The van der Waals surface area contributed by atoms with Crippen LogP contribution >= 0.6 is 0 Å². The number of rotatable bonds is 4. The lowest BCUT2D eigenvalue weighted by molar-refractivity contribution is -0.137. The summed E-state index contributed by atoms with van der Waals surface area (Å²) in [6.45, 7) is 1.32. The molecule has 4 nitrogen and oxygen atoms in total. The van der Waals surface area contributed by atoms with Crippen LogP contribution in [0.3, 0.4) is 0 Å². The summed E-state index contributed by atoms with van der Waals surface area (Å²) in [6.07, 6.45) is -1.81. The zero-order valence-electron chi connectivity index (χ0n) is 15.3. The Morgan fingerprint density at radius 3 is 2.43 bits per heavy atom. The second kappa shape index (κ2) is 8.04. The summed E-state index contributed by atoms with van der Waals surface area (Å²) >= 11 is 0.